The van der Waals surface area contributed by atoms with Crippen molar-refractivity contribution in [1.29, 1.82) is 0 Å². The number of hydrogen-bond donors (Lipinski definition) is 1. The molecule has 0 aromatic heterocycles. The average Bonchev–Trinajstić information content (AvgIpc) is 2.25. The first-order valence-electron chi connectivity index (χ1n) is 6.15. The van der Waals surface area contributed by atoms with Gasteiger partial charge >= 0.3 is 5.97 Å². The summed E-state index contributed by atoms with van der Waals surface area (Å²) in [6.07, 6.45) is 1.73. The van der Waals surface area contributed by atoms with Gasteiger partial charge in [-0.15, -0.1) is 0 Å². The molecule has 1 saturated heterocycles. The second kappa shape index (κ2) is 6.00. The fourth-order valence-electron chi connectivity index (χ4n) is 2.40. The maximum atomic E-state index is 11.2. The summed E-state index contributed by atoms with van der Waals surface area (Å²) in [5.41, 5.74) is 0. The Bertz CT molecular complexity index is 283. The molecule has 0 aromatic carbocycles. The Morgan fingerprint density at radius 3 is 2.24 bits per heavy atom. The molecule has 1 aliphatic rings. The molecular weight excluding hydrogens is 220 g/mol. The summed E-state index contributed by atoms with van der Waals surface area (Å²) in [4.78, 5) is 25.9. The van der Waals surface area contributed by atoms with Gasteiger partial charge in [-0.25, -0.2) is 0 Å². The molecule has 1 aliphatic heterocycles. The van der Waals surface area contributed by atoms with Gasteiger partial charge in [0.15, 0.2) is 0 Å². The third kappa shape index (κ3) is 4.00. The molecule has 5 nitrogen and oxygen atoms in total. The van der Waals surface area contributed by atoms with Gasteiger partial charge in [-0.1, -0.05) is 0 Å². The summed E-state index contributed by atoms with van der Waals surface area (Å²) in [6, 6.07) is 0.502. The van der Waals surface area contributed by atoms with E-state index in [0.29, 0.717) is 0 Å². The normalized spacial score (nSPS) is 17.8. The first-order chi connectivity index (χ1) is 7.91. The van der Waals surface area contributed by atoms with Crippen LogP contribution in [0.4, 0.5) is 0 Å². The number of aliphatic carboxylic acids is 1. The summed E-state index contributed by atoms with van der Waals surface area (Å²) < 4.78 is 0. The van der Waals surface area contributed by atoms with E-state index in [4.69, 9.17) is 5.11 Å². The number of nitrogens with zero attached hydrogens (tertiary/aromatic N) is 2. The fraction of sp³-hybridized carbons (Fsp3) is 0.833. The zero-order valence-corrected chi connectivity index (χ0v) is 10.8. The Labute approximate surface area is 102 Å². The monoisotopic (exact) mass is 242 g/mol. The van der Waals surface area contributed by atoms with Crippen molar-refractivity contribution in [3.63, 3.8) is 0 Å². The van der Waals surface area contributed by atoms with Crippen molar-refractivity contribution in [2.24, 2.45) is 0 Å². The second-order valence-electron chi connectivity index (χ2n) is 4.90. The molecule has 1 rings (SSSR count). The number of amides is 1. The average molecular weight is 242 g/mol. The molecule has 0 aromatic rings. The lowest BCUT2D eigenvalue weighted by molar-refractivity contribution is -0.140. The lowest BCUT2D eigenvalue weighted by Gasteiger charge is -2.39. The van der Waals surface area contributed by atoms with Crippen LogP contribution in [0.15, 0.2) is 0 Å². The predicted molar refractivity (Wildman–Crippen MR) is 64.8 cm³/mol. The molecule has 1 N–H and O–H groups in total. The summed E-state index contributed by atoms with van der Waals surface area (Å²) in [5.74, 6) is -0.675. The zero-order chi connectivity index (χ0) is 13.0. The number of rotatable bonds is 4. The van der Waals surface area contributed by atoms with Crippen LogP contribution in [0.3, 0.4) is 0 Å². The Kier molecular flexibility index (Phi) is 4.93. The molecule has 5 heteroatoms. The zero-order valence-electron chi connectivity index (χ0n) is 10.8. The Hall–Kier alpha value is -1.10. The van der Waals surface area contributed by atoms with Crippen molar-refractivity contribution in [2.45, 2.75) is 45.7 Å². The lowest BCUT2D eigenvalue weighted by Crippen LogP contribution is -2.50. The van der Waals surface area contributed by atoms with Crippen molar-refractivity contribution in [3.8, 4) is 0 Å². The first-order valence-corrected chi connectivity index (χ1v) is 6.15. The van der Waals surface area contributed by atoms with E-state index in [1.54, 1.807) is 6.92 Å². The van der Waals surface area contributed by atoms with Crippen molar-refractivity contribution in [1.82, 2.24) is 9.80 Å². The van der Waals surface area contributed by atoms with Gasteiger partial charge in [0, 0.05) is 32.1 Å². The smallest absolute Gasteiger partial charge is 0.317 e. The van der Waals surface area contributed by atoms with Crippen molar-refractivity contribution in [2.75, 3.05) is 19.6 Å². The minimum Gasteiger partial charge on any atom is -0.480 e. The Morgan fingerprint density at radius 2 is 1.88 bits per heavy atom. The molecule has 98 valence electrons. The van der Waals surface area contributed by atoms with E-state index in [-0.39, 0.29) is 24.5 Å². The summed E-state index contributed by atoms with van der Waals surface area (Å²) in [7, 11) is 0. The van der Waals surface area contributed by atoms with E-state index in [1.807, 2.05) is 23.6 Å². The van der Waals surface area contributed by atoms with Crippen molar-refractivity contribution in [3.05, 3.63) is 0 Å². The minimum atomic E-state index is -0.785. The quantitative estimate of drug-likeness (QED) is 0.792. The standard InChI is InChI=1S/C12H22N2O3/c1-9(2)14(8-12(16)17)11-4-6-13(7-5-11)10(3)15/h9,11H,4-8H2,1-3H3,(H,16,17). The highest BCUT2D eigenvalue weighted by atomic mass is 16.4. The molecule has 1 amide bonds. The minimum absolute atomic E-state index is 0.0857. The van der Waals surface area contributed by atoms with Crippen LogP contribution in [-0.2, 0) is 9.59 Å². The largest absolute Gasteiger partial charge is 0.480 e. The highest BCUT2D eigenvalue weighted by Gasteiger charge is 2.28. The van der Waals surface area contributed by atoms with Gasteiger partial charge in [-0.3, -0.25) is 14.5 Å². The van der Waals surface area contributed by atoms with Crippen LogP contribution in [0.5, 0.6) is 0 Å². The van der Waals surface area contributed by atoms with Gasteiger partial charge < -0.3 is 10.0 Å². The molecule has 0 atom stereocenters. The van der Waals surface area contributed by atoms with Crippen molar-refractivity contribution < 1.29 is 14.7 Å². The van der Waals surface area contributed by atoms with Crippen LogP contribution >= 0.6 is 0 Å². The van der Waals surface area contributed by atoms with Gasteiger partial charge in [-0.2, -0.15) is 0 Å². The molecule has 0 bridgehead atoms. The van der Waals surface area contributed by atoms with Gasteiger partial charge in [-0.05, 0) is 26.7 Å². The highest BCUT2D eigenvalue weighted by Crippen LogP contribution is 2.18. The van der Waals surface area contributed by atoms with E-state index in [9.17, 15) is 9.59 Å². The summed E-state index contributed by atoms with van der Waals surface area (Å²) in [5, 5.41) is 8.90. The number of piperidine rings is 1. The molecule has 0 saturated carbocycles. The number of carboxylic acids is 1. The number of carbonyl (C=O) groups is 2. The van der Waals surface area contributed by atoms with Gasteiger partial charge in [0.25, 0.3) is 0 Å². The van der Waals surface area contributed by atoms with E-state index in [0.717, 1.165) is 25.9 Å². The third-order valence-electron chi connectivity index (χ3n) is 3.36. The number of hydrogen-bond acceptors (Lipinski definition) is 3. The van der Waals surface area contributed by atoms with Crippen LogP contribution in [0.25, 0.3) is 0 Å². The SMILES string of the molecule is CC(=O)N1CCC(N(CC(=O)O)C(C)C)CC1. The highest BCUT2D eigenvalue weighted by molar-refractivity contribution is 5.73. The summed E-state index contributed by atoms with van der Waals surface area (Å²) >= 11 is 0. The van der Waals surface area contributed by atoms with Crippen LogP contribution in [0.1, 0.15) is 33.6 Å². The maximum Gasteiger partial charge on any atom is 0.317 e. The molecule has 0 aliphatic carbocycles. The number of likely N-dealkylation sites (tertiary alicyclic amines) is 1. The lowest BCUT2D eigenvalue weighted by atomic mass is 10.0. The van der Waals surface area contributed by atoms with Gasteiger partial charge in [0.1, 0.15) is 0 Å². The van der Waals surface area contributed by atoms with Gasteiger partial charge in [0.05, 0.1) is 6.54 Å². The van der Waals surface area contributed by atoms with E-state index in [2.05, 4.69) is 0 Å². The van der Waals surface area contributed by atoms with Crippen molar-refractivity contribution >= 4 is 11.9 Å². The van der Waals surface area contributed by atoms with Crippen LogP contribution in [-0.4, -0.2) is 58.5 Å². The predicted octanol–water partition coefficient (Wildman–Crippen LogP) is 0.792. The summed E-state index contributed by atoms with van der Waals surface area (Å²) in [6.45, 7) is 7.17. The van der Waals surface area contributed by atoms with E-state index in [1.165, 1.54) is 0 Å². The third-order valence-corrected chi connectivity index (χ3v) is 3.36. The van der Waals surface area contributed by atoms with E-state index < -0.39 is 5.97 Å². The fourth-order valence-corrected chi connectivity index (χ4v) is 2.40. The second-order valence-corrected chi connectivity index (χ2v) is 4.90. The molecule has 17 heavy (non-hydrogen) atoms. The van der Waals surface area contributed by atoms with Crippen LogP contribution in [0, 0.1) is 0 Å². The van der Waals surface area contributed by atoms with E-state index >= 15 is 0 Å². The molecule has 1 heterocycles. The Morgan fingerprint density at radius 1 is 1.35 bits per heavy atom. The van der Waals surface area contributed by atoms with Crippen LogP contribution < -0.4 is 0 Å². The molecular formula is C12H22N2O3. The molecule has 0 spiro atoms. The maximum absolute atomic E-state index is 11.2. The Balaban J connectivity index is 2.54. The molecule has 0 radical (unpaired) electrons. The first kappa shape index (κ1) is 14.0. The number of carbonyl (C=O) groups excluding carboxylic acids is 1. The topological polar surface area (TPSA) is 60.9 Å². The van der Waals surface area contributed by atoms with Gasteiger partial charge in [0.2, 0.25) is 5.91 Å². The molecule has 0 unspecified atom stereocenters. The van der Waals surface area contributed by atoms with Crippen LogP contribution in [0.2, 0.25) is 0 Å². The number of carboxylic acid groups (broad SMARTS) is 1. The molecule has 1 fully saturated rings.